The van der Waals surface area contributed by atoms with E-state index in [0.717, 1.165) is 67.6 Å². The van der Waals surface area contributed by atoms with E-state index in [1.807, 2.05) is 42.5 Å². The maximum absolute atomic E-state index is 10.8. The summed E-state index contributed by atoms with van der Waals surface area (Å²) in [7, 11) is -3.83. The van der Waals surface area contributed by atoms with E-state index in [0.29, 0.717) is 19.6 Å². The Labute approximate surface area is 225 Å². The Morgan fingerprint density at radius 2 is 1.14 bits per heavy atom. The number of unbranched alkanes of at least 4 members (excludes halogenated alkanes) is 12. The first kappa shape index (κ1) is 30.9. The number of hydrogen-bond donors (Lipinski definition) is 1. The van der Waals surface area contributed by atoms with Crippen LogP contribution < -0.4 is 9.47 Å². The van der Waals surface area contributed by atoms with Gasteiger partial charge in [0.25, 0.3) is 10.1 Å². The zero-order valence-electron chi connectivity index (χ0n) is 22.4. The summed E-state index contributed by atoms with van der Waals surface area (Å²) in [6.45, 7) is 5.11. The fraction of sp³-hybridized carbons (Fsp3) is 0.548. The van der Waals surface area contributed by atoms with Gasteiger partial charge in [-0.1, -0.05) is 100 Å². The molecule has 0 unspecified atom stereocenters. The van der Waals surface area contributed by atoms with Crippen molar-refractivity contribution < 1.29 is 22.4 Å². The Bertz CT molecular complexity index is 972. The van der Waals surface area contributed by atoms with E-state index in [2.05, 4.69) is 18.7 Å². The van der Waals surface area contributed by atoms with Gasteiger partial charge in [0.15, 0.2) is 0 Å². The summed E-state index contributed by atoms with van der Waals surface area (Å²) >= 11 is 0. The largest absolute Gasteiger partial charge is 0.493 e. The molecule has 2 rings (SSSR count). The summed E-state index contributed by atoms with van der Waals surface area (Å²) < 4.78 is 42.8. The molecule has 0 bridgehead atoms. The van der Waals surface area contributed by atoms with Gasteiger partial charge >= 0.3 is 0 Å². The number of allylic oxidation sites excluding steroid dienone is 1. The monoisotopic (exact) mass is 530 g/mol. The van der Waals surface area contributed by atoms with Crippen LogP contribution in [0.2, 0.25) is 0 Å². The van der Waals surface area contributed by atoms with E-state index in [1.54, 1.807) is 0 Å². The van der Waals surface area contributed by atoms with Gasteiger partial charge in [-0.15, -0.1) is 6.58 Å². The topological polar surface area (TPSA) is 72.8 Å². The molecule has 37 heavy (non-hydrogen) atoms. The predicted octanol–water partition coefficient (Wildman–Crippen LogP) is 8.65. The van der Waals surface area contributed by atoms with Crippen LogP contribution in [0, 0.1) is 0 Å². The molecule has 0 saturated carbocycles. The number of hydrogen-bond acceptors (Lipinski definition) is 4. The van der Waals surface area contributed by atoms with Crippen molar-refractivity contribution in [3.8, 4) is 22.6 Å². The minimum absolute atomic E-state index is 0.146. The summed E-state index contributed by atoms with van der Waals surface area (Å²) in [4.78, 5) is 0. The lowest BCUT2D eigenvalue weighted by Gasteiger charge is -2.17. The minimum Gasteiger partial charge on any atom is -0.493 e. The Kier molecular flexibility index (Phi) is 15.8. The maximum atomic E-state index is 10.8. The normalized spacial score (nSPS) is 11.4. The predicted molar refractivity (Wildman–Crippen MR) is 154 cm³/mol. The summed E-state index contributed by atoms with van der Waals surface area (Å²) in [5.41, 5.74) is 2.10. The van der Waals surface area contributed by atoms with E-state index in [4.69, 9.17) is 14.0 Å². The molecular weight excluding hydrogens is 484 g/mol. The molecule has 5 nitrogen and oxygen atoms in total. The standard InChI is InChI=1S/C31H46O5S/c1-2-3-4-5-6-7-8-11-17-25-35-29-23-20-24-30(31(29)28-21-15-14-16-22-28)36-26-18-12-9-10-13-19-27-37(32,33)34/h2,14-16,20-24H,1,3-13,17-19,25-27H2,(H,32,33,34). The van der Waals surface area contributed by atoms with Crippen LogP contribution in [0.1, 0.15) is 89.9 Å². The van der Waals surface area contributed by atoms with E-state index in [1.165, 1.54) is 38.5 Å². The van der Waals surface area contributed by atoms with E-state index < -0.39 is 10.1 Å². The van der Waals surface area contributed by atoms with Gasteiger partial charge in [-0.3, -0.25) is 4.55 Å². The second-order valence-electron chi connectivity index (χ2n) is 9.65. The van der Waals surface area contributed by atoms with Gasteiger partial charge in [-0.2, -0.15) is 8.42 Å². The van der Waals surface area contributed by atoms with Crippen LogP contribution >= 0.6 is 0 Å². The Balaban J connectivity index is 1.77. The molecule has 0 atom stereocenters. The van der Waals surface area contributed by atoms with Crippen LogP contribution in [0.15, 0.2) is 61.2 Å². The maximum Gasteiger partial charge on any atom is 0.264 e. The lowest BCUT2D eigenvalue weighted by atomic mass is 10.0. The van der Waals surface area contributed by atoms with Gasteiger partial charge in [0.2, 0.25) is 0 Å². The molecule has 0 fully saturated rings. The average molecular weight is 531 g/mol. The first-order valence-corrected chi connectivity index (χ1v) is 15.6. The van der Waals surface area contributed by atoms with Crippen molar-refractivity contribution >= 4 is 10.1 Å². The minimum atomic E-state index is -3.83. The summed E-state index contributed by atoms with van der Waals surface area (Å²) in [6.07, 6.45) is 17.1. The third-order valence-corrected chi connectivity index (χ3v) is 7.22. The average Bonchev–Trinajstić information content (AvgIpc) is 2.88. The Morgan fingerprint density at radius 1 is 0.649 bits per heavy atom. The van der Waals surface area contributed by atoms with Gasteiger partial charge in [0, 0.05) is 0 Å². The zero-order valence-corrected chi connectivity index (χ0v) is 23.2. The van der Waals surface area contributed by atoms with Crippen LogP contribution in [0.3, 0.4) is 0 Å². The van der Waals surface area contributed by atoms with E-state index >= 15 is 0 Å². The molecule has 0 aromatic heterocycles. The van der Waals surface area contributed by atoms with E-state index in [9.17, 15) is 8.42 Å². The van der Waals surface area contributed by atoms with Gasteiger partial charge in [0.1, 0.15) is 11.5 Å². The van der Waals surface area contributed by atoms with Crippen molar-refractivity contribution in [3.05, 3.63) is 61.2 Å². The van der Waals surface area contributed by atoms with Gasteiger partial charge in [-0.25, -0.2) is 0 Å². The van der Waals surface area contributed by atoms with Crippen LogP contribution in [-0.2, 0) is 10.1 Å². The van der Waals surface area contributed by atoms with E-state index in [-0.39, 0.29) is 5.75 Å². The van der Waals surface area contributed by atoms with Crippen molar-refractivity contribution in [1.82, 2.24) is 0 Å². The highest BCUT2D eigenvalue weighted by Crippen LogP contribution is 2.38. The molecule has 0 saturated heterocycles. The number of ether oxygens (including phenoxy) is 2. The van der Waals surface area contributed by atoms with Gasteiger partial charge in [-0.05, 0) is 49.8 Å². The second-order valence-corrected chi connectivity index (χ2v) is 11.2. The first-order chi connectivity index (χ1) is 18.0. The molecular formula is C31H46O5S. The molecule has 2 aromatic rings. The van der Waals surface area contributed by atoms with Crippen molar-refractivity contribution in [2.45, 2.75) is 89.9 Å². The number of rotatable bonds is 22. The SMILES string of the molecule is C=CCCCCCCCCCOc1cccc(OCCCCCCCCS(=O)(=O)O)c1-c1ccccc1. The van der Waals surface area contributed by atoms with Crippen molar-refractivity contribution in [2.24, 2.45) is 0 Å². The van der Waals surface area contributed by atoms with Crippen LogP contribution in [-0.4, -0.2) is 31.9 Å². The summed E-state index contributed by atoms with van der Waals surface area (Å²) in [5.74, 6) is 1.57. The first-order valence-electron chi connectivity index (χ1n) is 14.0. The molecule has 206 valence electrons. The third-order valence-electron chi connectivity index (χ3n) is 6.41. The van der Waals surface area contributed by atoms with Crippen molar-refractivity contribution in [3.63, 3.8) is 0 Å². The summed E-state index contributed by atoms with van der Waals surface area (Å²) in [5, 5.41) is 0. The molecule has 1 N–H and O–H groups in total. The highest BCUT2D eigenvalue weighted by Gasteiger charge is 2.13. The highest BCUT2D eigenvalue weighted by atomic mass is 32.2. The van der Waals surface area contributed by atoms with Crippen LogP contribution in [0.25, 0.3) is 11.1 Å². The van der Waals surface area contributed by atoms with Gasteiger partial charge < -0.3 is 9.47 Å². The lowest BCUT2D eigenvalue weighted by molar-refractivity contribution is 0.292. The molecule has 0 heterocycles. The van der Waals surface area contributed by atoms with Crippen LogP contribution in [0.4, 0.5) is 0 Å². The highest BCUT2D eigenvalue weighted by molar-refractivity contribution is 7.85. The Hall–Kier alpha value is -2.31. The van der Waals surface area contributed by atoms with Crippen LogP contribution in [0.5, 0.6) is 11.5 Å². The fourth-order valence-corrected chi connectivity index (χ4v) is 4.94. The third kappa shape index (κ3) is 14.3. The number of benzene rings is 2. The quantitative estimate of drug-likeness (QED) is 0.0937. The molecule has 0 aliphatic carbocycles. The fourth-order valence-electron chi connectivity index (χ4n) is 4.37. The molecule has 0 amide bonds. The Morgan fingerprint density at radius 3 is 1.65 bits per heavy atom. The summed E-state index contributed by atoms with van der Waals surface area (Å²) in [6, 6.07) is 16.3. The molecule has 2 aromatic carbocycles. The molecule has 6 heteroatoms. The molecule has 0 radical (unpaired) electrons. The second kappa shape index (κ2) is 18.9. The smallest absolute Gasteiger partial charge is 0.264 e. The molecule has 0 spiro atoms. The zero-order chi connectivity index (χ0) is 26.6. The molecule has 0 aliphatic heterocycles. The lowest BCUT2D eigenvalue weighted by Crippen LogP contribution is -2.03. The van der Waals surface area contributed by atoms with Crippen molar-refractivity contribution in [2.75, 3.05) is 19.0 Å². The van der Waals surface area contributed by atoms with Crippen molar-refractivity contribution in [1.29, 1.82) is 0 Å². The van der Waals surface area contributed by atoms with Gasteiger partial charge in [0.05, 0.1) is 24.5 Å². The molecule has 0 aliphatic rings.